The molecule has 3 aliphatic rings. The molecule has 2 atom stereocenters. The van der Waals surface area contributed by atoms with Gasteiger partial charge in [0.25, 0.3) is 5.91 Å². The number of piperidine rings is 2. The predicted molar refractivity (Wildman–Crippen MR) is 218 cm³/mol. The number of hydrogen-bond donors (Lipinski definition) is 4. The van der Waals surface area contributed by atoms with Gasteiger partial charge in [0.05, 0.1) is 30.3 Å². The Hall–Kier alpha value is -4.98. The zero-order valence-corrected chi connectivity index (χ0v) is 33.9. The number of rotatable bonds is 12. The maximum Gasteiger partial charge on any atom is 0.417 e. The molecule has 0 aliphatic carbocycles. The lowest BCUT2D eigenvalue weighted by atomic mass is 9.94. The number of anilines is 4. The van der Waals surface area contributed by atoms with Gasteiger partial charge in [-0.2, -0.15) is 18.4 Å². The summed E-state index contributed by atoms with van der Waals surface area (Å²) in [4.78, 5) is 55.4. The highest BCUT2D eigenvalue weighted by atomic mass is 35.5. The molecule has 2 unspecified atom stereocenters. The van der Waals surface area contributed by atoms with Crippen LogP contribution in [0.25, 0.3) is 0 Å². The number of imide groups is 1. The van der Waals surface area contributed by atoms with Crippen molar-refractivity contribution in [1.29, 1.82) is 5.26 Å². The van der Waals surface area contributed by atoms with Crippen LogP contribution in [0, 0.1) is 17.2 Å². The number of nitriles is 1. The lowest BCUT2D eigenvalue weighted by molar-refractivity contribution is -0.138. The SMILES string of the molecule is CCc1cc(N2C(S)N(c3ccc(C#N)c(C(F)(F)F)c3)C(=O)C2(C)C)ccc1OCCC1CCN(CC(=O)Nc2cc(Cl)cc(NC3CCC(=O)NC3=O)c2)CC1. The average Bonchev–Trinajstić information content (AvgIpc) is 3.34. The van der Waals surface area contributed by atoms with E-state index in [0.29, 0.717) is 53.2 Å². The van der Waals surface area contributed by atoms with E-state index in [1.54, 1.807) is 43.0 Å². The van der Waals surface area contributed by atoms with E-state index in [-0.39, 0.29) is 30.5 Å². The number of hydrogen-bond acceptors (Lipinski definition) is 10. The van der Waals surface area contributed by atoms with E-state index < -0.39 is 46.2 Å². The zero-order valence-electron chi connectivity index (χ0n) is 32.3. The molecular formula is C41H45ClF3N7O5S. The number of carbonyl (C=O) groups is 4. The summed E-state index contributed by atoms with van der Waals surface area (Å²) in [6, 6.07) is 14.8. The first kappa shape index (κ1) is 42.6. The fraction of sp³-hybridized carbons (Fsp3) is 0.439. The molecule has 3 fully saturated rings. The molecule has 0 saturated carbocycles. The topological polar surface area (TPSA) is 147 Å². The number of benzene rings is 3. The van der Waals surface area contributed by atoms with Crippen LogP contribution in [-0.2, 0) is 31.8 Å². The van der Waals surface area contributed by atoms with Crippen molar-refractivity contribution in [2.75, 3.05) is 46.7 Å². The smallest absolute Gasteiger partial charge is 0.417 e. The Balaban J connectivity index is 0.999. The highest BCUT2D eigenvalue weighted by Gasteiger charge is 2.52. The summed E-state index contributed by atoms with van der Waals surface area (Å²) in [5.41, 5.74) is -1.13. The normalized spacial score (nSPS) is 20.2. The second-order valence-electron chi connectivity index (χ2n) is 15.2. The van der Waals surface area contributed by atoms with Crippen molar-refractivity contribution >= 4 is 70.6 Å². The van der Waals surface area contributed by atoms with Crippen molar-refractivity contribution in [3.8, 4) is 11.8 Å². The van der Waals surface area contributed by atoms with Crippen molar-refractivity contribution in [2.45, 2.75) is 82.6 Å². The number of halogens is 4. The van der Waals surface area contributed by atoms with Crippen LogP contribution in [0.1, 0.15) is 69.6 Å². The number of nitrogens with one attached hydrogen (secondary N) is 3. The first-order valence-corrected chi connectivity index (χ1v) is 20.0. The Labute approximate surface area is 345 Å². The van der Waals surface area contributed by atoms with Gasteiger partial charge in [0.1, 0.15) is 17.3 Å². The number of ether oxygens (including phenoxy) is 1. The maximum atomic E-state index is 13.8. The molecule has 308 valence electrons. The van der Waals surface area contributed by atoms with Crippen molar-refractivity contribution in [1.82, 2.24) is 10.2 Å². The summed E-state index contributed by atoms with van der Waals surface area (Å²) in [6.45, 7) is 7.57. The number of aryl methyl sites for hydroxylation is 1. The van der Waals surface area contributed by atoms with Crippen LogP contribution in [0.4, 0.5) is 35.9 Å². The van der Waals surface area contributed by atoms with Crippen LogP contribution in [-0.4, -0.2) is 71.8 Å². The quantitative estimate of drug-likeness (QED) is 0.112. The largest absolute Gasteiger partial charge is 0.493 e. The van der Waals surface area contributed by atoms with Gasteiger partial charge >= 0.3 is 6.18 Å². The summed E-state index contributed by atoms with van der Waals surface area (Å²) in [5, 5.41) is 17.9. The van der Waals surface area contributed by atoms with Crippen molar-refractivity contribution in [3.05, 3.63) is 76.3 Å². The van der Waals surface area contributed by atoms with E-state index in [9.17, 15) is 37.6 Å². The summed E-state index contributed by atoms with van der Waals surface area (Å²) in [5.74, 6) is -0.220. The molecule has 0 spiro atoms. The minimum atomic E-state index is -4.78. The Morgan fingerprint density at radius 3 is 2.41 bits per heavy atom. The van der Waals surface area contributed by atoms with Gasteiger partial charge in [-0.25, -0.2) is 0 Å². The number of nitrogens with zero attached hydrogens (tertiary/aromatic N) is 4. The first-order chi connectivity index (χ1) is 27.5. The molecule has 58 heavy (non-hydrogen) atoms. The fourth-order valence-corrected chi connectivity index (χ4v) is 8.61. The third kappa shape index (κ3) is 9.48. The fourth-order valence-electron chi connectivity index (χ4n) is 7.71. The summed E-state index contributed by atoms with van der Waals surface area (Å²) < 4.78 is 47.6. The highest BCUT2D eigenvalue weighted by molar-refractivity contribution is 7.81. The van der Waals surface area contributed by atoms with E-state index in [2.05, 4.69) is 20.9 Å². The molecule has 0 radical (unpaired) electrons. The Morgan fingerprint density at radius 1 is 1.03 bits per heavy atom. The predicted octanol–water partition coefficient (Wildman–Crippen LogP) is 6.97. The second-order valence-corrected chi connectivity index (χ2v) is 16.1. The summed E-state index contributed by atoms with van der Waals surface area (Å²) >= 11 is 11.0. The van der Waals surface area contributed by atoms with Gasteiger partial charge < -0.3 is 20.3 Å². The van der Waals surface area contributed by atoms with Crippen molar-refractivity contribution in [3.63, 3.8) is 0 Å². The number of thiol groups is 1. The molecule has 4 amide bonds. The van der Waals surface area contributed by atoms with Gasteiger partial charge in [0.15, 0.2) is 5.50 Å². The number of alkyl halides is 3. The first-order valence-electron chi connectivity index (χ1n) is 19.1. The monoisotopic (exact) mass is 839 g/mol. The molecule has 3 aromatic carbocycles. The molecule has 12 nitrogen and oxygen atoms in total. The number of carbonyl (C=O) groups excluding carboxylic acids is 4. The number of likely N-dealkylation sites (tertiary alicyclic amines) is 1. The van der Waals surface area contributed by atoms with E-state index in [1.165, 1.54) is 11.0 Å². The highest BCUT2D eigenvalue weighted by Crippen LogP contribution is 2.43. The maximum absolute atomic E-state index is 13.8. The van der Waals surface area contributed by atoms with Crippen molar-refractivity contribution in [2.24, 2.45) is 5.92 Å². The third-order valence-electron chi connectivity index (χ3n) is 10.8. The van der Waals surface area contributed by atoms with Crippen LogP contribution in [0.3, 0.4) is 0 Å². The molecule has 3 N–H and O–H groups in total. The molecule has 0 bridgehead atoms. The standard InChI is InChI=1S/C41H45ClF3N7O5S/c1-4-25-17-31(52-39(58)51(38(56)40(52,2)3)30-6-5-26(22-46)32(21-30)41(43,44)45)7-9-34(25)57-16-13-24-11-14-50(15-12-24)23-36(54)48-29-19-27(42)18-28(20-29)47-33-8-10-35(53)49-37(33)55/h5-7,9,17-21,24,33,39,47,58H,4,8,10-16,23H2,1-3H3,(H,48,54)(H,49,53,55). The van der Waals surface area contributed by atoms with Gasteiger partial charge in [-0.1, -0.05) is 18.5 Å². The lowest BCUT2D eigenvalue weighted by Crippen LogP contribution is -2.47. The minimum absolute atomic E-state index is 0.00843. The molecule has 6 rings (SSSR count). The van der Waals surface area contributed by atoms with Crippen molar-refractivity contribution < 1.29 is 37.1 Å². The van der Waals surface area contributed by atoms with Gasteiger partial charge in [0.2, 0.25) is 17.7 Å². The summed E-state index contributed by atoms with van der Waals surface area (Å²) in [7, 11) is 0. The van der Waals surface area contributed by atoms with E-state index in [0.717, 1.165) is 50.0 Å². The second kappa shape index (κ2) is 17.5. The van der Waals surface area contributed by atoms with E-state index in [1.807, 2.05) is 25.1 Å². The lowest BCUT2D eigenvalue weighted by Gasteiger charge is -2.34. The van der Waals surface area contributed by atoms with Gasteiger partial charge in [0, 0.05) is 34.2 Å². The summed E-state index contributed by atoms with van der Waals surface area (Å²) in [6.07, 6.45) is -0.935. The molecule has 17 heteroatoms. The zero-order chi connectivity index (χ0) is 41.9. The molecule has 3 heterocycles. The third-order valence-corrected chi connectivity index (χ3v) is 11.5. The van der Waals surface area contributed by atoms with Crippen LogP contribution < -0.4 is 30.5 Å². The average molecular weight is 840 g/mol. The number of amides is 4. The molecule has 3 aromatic rings. The van der Waals surface area contributed by atoms with Gasteiger partial charge in [-0.05, 0) is 125 Å². The van der Waals surface area contributed by atoms with Crippen LogP contribution in [0.15, 0.2) is 54.6 Å². The van der Waals surface area contributed by atoms with Gasteiger partial charge in [-0.3, -0.25) is 34.3 Å². The van der Waals surface area contributed by atoms with E-state index >= 15 is 0 Å². The Bertz CT molecular complexity index is 2120. The van der Waals surface area contributed by atoms with Crippen LogP contribution >= 0.6 is 24.2 Å². The molecular weight excluding hydrogens is 795 g/mol. The Kier molecular flexibility index (Phi) is 12.8. The Morgan fingerprint density at radius 2 is 1.74 bits per heavy atom. The molecule has 3 aliphatic heterocycles. The van der Waals surface area contributed by atoms with Gasteiger partial charge in [-0.15, -0.1) is 12.6 Å². The van der Waals surface area contributed by atoms with Crippen LogP contribution in [0.2, 0.25) is 5.02 Å². The molecule has 0 aromatic heterocycles. The molecule has 3 saturated heterocycles. The van der Waals surface area contributed by atoms with E-state index in [4.69, 9.17) is 29.0 Å². The van der Waals surface area contributed by atoms with Crippen LogP contribution in [0.5, 0.6) is 5.75 Å². The minimum Gasteiger partial charge on any atom is -0.493 e.